The van der Waals surface area contributed by atoms with E-state index in [1.807, 2.05) is 12.1 Å². The molecule has 0 aliphatic carbocycles. The third-order valence-corrected chi connectivity index (χ3v) is 3.97. The lowest BCUT2D eigenvalue weighted by atomic mass is 9.95. The van der Waals surface area contributed by atoms with E-state index in [-0.39, 0.29) is 6.04 Å². The average Bonchev–Trinajstić information content (AvgIpc) is 2.47. The van der Waals surface area contributed by atoms with Gasteiger partial charge in [0.1, 0.15) is 5.69 Å². The minimum atomic E-state index is -4.40. The number of nitrogens with one attached hydrogen (secondary N) is 1. The van der Waals surface area contributed by atoms with Gasteiger partial charge >= 0.3 is 6.18 Å². The van der Waals surface area contributed by atoms with Crippen molar-refractivity contribution >= 4 is 10.9 Å². The smallest absolute Gasteiger partial charge is 0.314 e. The fourth-order valence-corrected chi connectivity index (χ4v) is 2.93. The molecule has 1 aromatic heterocycles. The molecule has 0 amide bonds. The van der Waals surface area contributed by atoms with Gasteiger partial charge in [-0.15, -0.1) is 0 Å². The van der Waals surface area contributed by atoms with E-state index in [9.17, 15) is 13.2 Å². The van der Waals surface area contributed by atoms with E-state index < -0.39 is 11.9 Å². The van der Waals surface area contributed by atoms with Gasteiger partial charge in [-0.2, -0.15) is 13.2 Å². The molecule has 0 bridgehead atoms. The van der Waals surface area contributed by atoms with Crippen LogP contribution < -0.4 is 5.32 Å². The molecule has 3 rings (SSSR count). The third kappa shape index (κ3) is 3.18. The Hall–Kier alpha value is -1.62. The summed E-state index contributed by atoms with van der Waals surface area (Å²) in [6.45, 7) is 0.944. The Morgan fingerprint density at radius 3 is 2.71 bits per heavy atom. The van der Waals surface area contributed by atoms with E-state index in [4.69, 9.17) is 0 Å². The maximum atomic E-state index is 13.0. The largest absolute Gasteiger partial charge is 0.433 e. The van der Waals surface area contributed by atoms with E-state index in [1.165, 1.54) is 6.07 Å². The fraction of sp³-hybridized carbons (Fsp3) is 0.438. The molecule has 112 valence electrons. The molecule has 1 saturated heterocycles. The Bertz CT molecular complexity index is 631. The van der Waals surface area contributed by atoms with Crippen molar-refractivity contribution in [2.24, 2.45) is 0 Å². The van der Waals surface area contributed by atoms with Gasteiger partial charge in [0, 0.05) is 11.4 Å². The highest BCUT2D eigenvalue weighted by Gasteiger charge is 2.33. The Balaban J connectivity index is 2.01. The van der Waals surface area contributed by atoms with Gasteiger partial charge < -0.3 is 5.32 Å². The van der Waals surface area contributed by atoms with Crippen LogP contribution in [0.15, 0.2) is 30.3 Å². The number of hydrogen-bond donors (Lipinski definition) is 1. The van der Waals surface area contributed by atoms with Crippen molar-refractivity contribution in [3.63, 3.8) is 0 Å². The first-order valence-corrected chi connectivity index (χ1v) is 7.23. The zero-order chi connectivity index (χ0) is 14.9. The first-order chi connectivity index (χ1) is 10.0. The Morgan fingerprint density at radius 1 is 1.19 bits per heavy atom. The SMILES string of the molecule is FC(F)(F)c1cc(C[C@H]2CCCCN2)c2ccccc2n1. The van der Waals surface area contributed by atoms with Crippen molar-refractivity contribution in [2.45, 2.75) is 37.9 Å². The summed E-state index contributed by atoms with van der Waals surface area (Å²) in [6, 6.07) is 8.51. The van der Waals surface area contributed by atoms with Crippen molar-refractivity contribution < 1.29 is 13.2 Å². The number of para-hydroxylation sites is 1. The number of aromatic nitrogens is 1. The van der Waals surface area contributed by atoms with E-state index in [0.717, 1.165) is 36.8 Å². The van der Waals surface area contributed by atoms with Gasteiger partial charge in [-0.25, -0.2) is 4.98 Å². The lowest BCUT2D eigenvalue weighted by Crippen LogP contribution is -2.35. The number of benzene rings is 1. The number of nitrogens with zero attached hydrogens (tertiary/aromatic N) is 1. The molecule has 1 aromatic carbocycles. The molecule has 0 radical (unpaired) electrons. The third-order valence-electron chi connectivity index (χ3n) is 3.97. The molecule has 2 heterocycles. The summed E-state index contributed by atoms with van der Waals surface area (Å²) in [4.78, 5) is 3.75. The summed E-state index contributed by atoms with van der Waals surface area (Å²) >= 11 is 0. The molecule has 1 N–H and O–H groups in total. The second kappa shape index (κ2) is 5.64. The summed E-state index contributed by atoms with van der Waals surface area (Å²) in [7, 11) is 0. The number of pyridine rings is 1. The quantitative estimate of drug-likeness (QED) is 0.907. The van der Waals surface area contributed by atoms with E-state index in [0.29, 0.717) is 11.9 Å². The number of halogens is 3. The average molecular weight is 294 g/mol. The summed E-state index contributed by atoms with van der Waals surface area (Å²) in [5.74, 6) is 0. The molecule has 2 nitrogen and oxygen atoms in total. The lowest BCUT2D eigenvalue weighted by molar-refractivity contribution is -0.141. The van der Waals surface area contributed by atoms with Crippen molar-refractivity contribution in [1.29, 1.82) is 0 Å². The van der Waals surface area contributed by atoms with Gasteiger partial charge in [0.25, 0.3) is 0 Å². The number of hydrogen-bond acceptors (Lipinski definition) is 2. The fourth-order valence-electron chi connectivity index (χ4n) is 2.93. The Morgan fingerprint density at radius 2 is 2.00 bits per heavy atom. The summed E-state index contributed by atoms with van der Waals surface area (Å²) in [5, 5.41) is 4.21. The lowest BCUT2D eigenvalue weighted by Gasteiger charge is -2.24. The summed E-state index contributed by atoms with van der Waals surface area (Å²) in [5.41, 5.74) is 0.345. The number of fused-ring (bicyclic) bond motifs is 1. The minimum Gasteiger partial charge on any atom is -0.314 e. The van der Waals surface area contributed by atoms with Crippen LogP contribution in [0.25, 0.3) is 10.9 Å². The second-order valence-electron chi connectivity index (χ2n) is 5.53. The first-order valence-electron chi connectivity index (χ1n) is 7.23. The van der Waals surface area contributed by atoms with Crippen LogP contribution in [-0.4, -0.2) is 17.6 Å². The topological polar surface area (TPSA) is 24.9 Å². The van der Waals surface area contributed by atoms with Crippen LogP contribution >= 0.6 is 0 Å². The zero-order valence-corrected chi connectivity index (χ0v) is 11.6. The molecule has 1 aliphatic heterocycles. The highest BCUT2D eigenvalue weighted by molar-refractivity contribution is 5.82. The first kappa shape index (κ1) is 14.3. The predicted molar refractivity (Wildman–Crippen MR) is 76.1 cm³/mol. The van der Waals surface area contributed by atoms with Crippen LogP contribution in [0.3, 0.4) is 0 Å². The number of piperidine rings is 1. The minimum absolute atomic E-state index is 0.255. The van der Waals surface area contributed by atoms with Gasteiger partial charge in [-0.05, 0) is 43.5 Å². The summed E-state index contributed by atoms with van der Waals surface area (Å²) in [6.07, 6.45) is -0.503. The molecular formula is C16H17F3N2. The highest BCUT2D eigenvalue weighted by atomic mass is 19.4. The molecule has 0 saturated carbocycles. The van der Waals surface area contributed by atoms with E-state index >= 15 is 0 Å². The molecule has 5 heteroatoms. The highest BCUT2D eigenvalue weighted by Crippen LogP contribution is 2.31. The predicted octanol–water partition coefficient (Wildman–Crippen LogP) is 3.94. The molecule has 1 aliphatic rings. The molecule has 0 spiro atoms. The van der Waals surface area contributed by atoms with Gasteiger partial charge in [-0.1, -0.05) is 24.6 Å². The van der Waals surface area contributed by atoms with Crippen molar-refractivity contribution in [3.8, 4) is 0 Å². The molecule has 1 atom stereocenters. The molecule has 0 unspecified atom stereocenters. The van der Waals surface area contributed by atoms with Gasteiger partial charge in [0.15, 0.2) is 0 Å². The Labute approximate surface area is 121 Å². The van der Waals surface area contributed by atoms with Crippen LogP contribution in [0.5, 0.6) is 0 Å². The number of rotatable bonds is 2. The van der Waals surface area contributed by atoms with Crippen LogP contribution in [0.4, 0.5) is 13.2 Å². The molecular weight excluding hydrogens is 277 g/mol. The second-order valence-corrected chi connectivity index (χ2v) is 5.53. The van der Waals surface area contributed by atoms with Crippen molar-refractivity contribution in [2.75, 3.05) is 6.54 Å². The monoisotopic (exact) mass is 294 g/mol. The number of alkyl halides is 3. The van der Waals surface area contributed by atoms with E-state index in [2.05, 4.69) is 10.3 Å². The van der Waals surface area contributed by atoms with Crippen molar-refractivity contribution in [3.05, 3.63) is 41.6 Å². The standard InChI is InChI=1S/C16H17F3N2/c17-16(18,19)15-10-11(9-12-5-3-4-8-20-12)13-6-1-2-7-14(13)21-15/h1-2,6-7,10,12,20H,3-5,8-9H2/t12-/m1/s1. The van der Waals surface area contributed by atoms with Crippen LogP contribution in [0.2, 0.25) is 0 Å². The molecule has 1 fully saturated rings. The Kier molecular flexibility index (Phi) is 3.85. The molecule has 2 aromatic rings. The van der Waals surface area contributed by atoms with Crippen LogP contribution in [-0.2, 0) is 12.6 Å². The van der Waals surface area contributed by atoms with Gasteiger partial charge in [0.2, 0.25) is 0 Å². The van der Waals surface area contributed by atoms with Crippen LogP contribution in [0, 0.1) is 0 Å². The maximum Gasteiger partial charge on any atom is 0.433 e. The normalized spacial score (nSPS) is 19.9. The maximum absolute atomic E-state index is 13.0. The van der Waals surface area contributed by atoms with Crippen LogP contribution in [0.1, 0.15) is 30.5 Å². The van der Waals surface area contributed by atoms with Gasteiger partial charge in [0.05, 0.1) is 5.52 Å². The molecule has 21 heavy (non-hydrogen) atoms. The van der Waals surface area contributed by atoms with E-state index in [1.54, 1.807) is 12.1 Å². The summed E-state index contributed by atoms with van der Waals surface area (Å²) < 4.78 is 39.0. The zero-order valence-electron chi connectivity index (χ0n) is 11.6. The van der Waals surface area contributed by atoms with Gasteiger partial charge in [-0.3, -0.25) is 0 Å². The van der Waals surface area contributed by atoms with Crippen molar-refractivity contribution in [1.82, 2.24) is 10.3 Å².